The van der Waals surface area contributed by atoms with Gasteiger partial charge < -0.3 is 0 Å². The number of sulfonamides is 1. The van der Waals surface area contributed by atoms with Gasteiger partial charge in [0.05, 0.1) is 5.25 Å². The molecule has 0 saturated heterocycles. The highest BCUT2D eigenvalue weighted by atomic mass is 32.2. The van der Waals surface area contributed by atoms with Crippen LogP contribution in [0.1, 0.15) is 47.5 Å². The first-order valence-electron chi connectivity index (χ1n) is 5.27. The van der Waals surface area contributed by atoms with Crippen LogP contribution >= 0.6 is 0 Å². The number of hydrogen-bond donors (Lipinski definition) is 1. The lowest BCUT2D eigenvalue weighted by atomic mass is 10.1. The molecule has 0 rings (SSSR count). The van der Waals surface area contributed by atoms with E-state index in [2.05, 4.69) is 18.6 Å². The summed E-state index contributed by atoms with van der Waals surface area (Å²) < 4.78 is 25.6. The third-order valence-corrected chi connectivity index (χ3v) is 4.14. The molecule has 0 aliphatic rings. The molecule has 86 valence electrons. The van der Waals surface area contributed by atoms with Gasteiger partial charge in [-0.15, -0.1) is 0 Å². The lowest BCUT2D eigenvalue weighted by Crippen LogP contribution is -2.37. The second-order valence-corrected chi connectivity index (χ2v) is 6.85. The fourth-order valence-corrected chi connectivity index (χ4v) is 2.01. The molecule has 0 amide bonds. The van der Waals surface area contributed by atoms with Gasteiger partial charge in [0.15, 0.2) is 0 Å². The lowest BCUT2D eigenvalue weighted by Gasteiger charge is -2.16. The molecule has 0 aromatic rings. The molecule has 1 atom stereocenters. The zero-order valence-electron chi connectivity index (χ0n) is 9.87. The monoisotopic (exact) mass is 221 g/mol. The molecule has 0 radical (unpaired) electrons. The van der Waals surface area contributed by atoms with Gasteiger partial charge in [-0.05, 0) is 39.5 Å². The summed E-state index contributed by atoms with van der Waals surface area (Å²) in [6.07, 6.45) is 1.96. The summed E-state index contributed by atoms with van der Waals surface area (Å²) in [6.45, 7) is 9.59. The third-order valence-electron chi connectivity index (χ3n) is 2.16. The molecule has 0 aliphatic heterocycles. The second kappa shape index (κ2) is 5.71. The van der Waals surface area contributed by atoms with Gasteiger partial charge in [-0.25, -0.2) is 13.1 Å². The molecule has 0 saturated carbocycles. The van der Waals surface area contributed by atoms with E-state index in [-0.39, 0.29) is 11.3 Å². The molecule has 1 N–H and O–H groups in total. The first-order valence-corrected chi connectivity index (χ1v) is 6.81. The van der Waals surface area contributed by atoms with Crippen LogP contribution in [0.3, 0.4) is 0 Å². The predicted molar refractivity (Wildman–Crippen MR) is 60.7 cm³/mol. The van der Waals surface area contributed by atoms with Crippen LogP contribution in [0, 0.1) is 5.92 Å². The Bertz CT molecular complexity index is 245. The minimum Gasteiger partial charge on any atom is -0.212 e. The van der Waals surface area contributed by atoms with E-state index in [1.54, 1.807) is 13.8 Å². The second-order valence-electron chi connectivity index (χ2n) is 4.58. The van der Waals surface area contributed by atoms with Crippen LogP contribution < -0.4 is 4.72 Å². The maximum Gasteiger partial charge on any atom is 0.214 e. The van der Waals surface area contributed by atoms with E-state index in [1.807, 2.05) is 6.92 Å². The first-order chi connectivity index (χ1) is 6.25. The average Bonchev–Trinajstić information content (AvgIpc) is 1.99. The Kier molecular flexibility index (Phi) is 5.67. The largest absolute Gasteiger partial charge is 0.214 e. The molecule has 0 aromatic carbocycles. The van der Waals surface area contributed by atoms with Crippen molar-refractivity contribution >= 4 is 10.0 Å². The van der Waals surface area contributed by atoms with Crippen molar-refractivity contribution in [2.75, 3.05) is 0 Å². The maximum absolute atomic E-state index is 11.5. The summed E-state index contributed by atoms with van der Waals surface area (Å²) >= 11 is 0. The van der Waals surface area contributed by atoms with Crippen LogP contribution in [-0.2, 0) is 10.0 Å². The van der Waals surface area contributed by atoms with Crippen molar-refractivity contribution in [1.29, 1.82) is 0 Å². The Balaban J connectivity index is 4.00. The normalized spacial score (nSPS) is 15.1. The molecular formula is C10H23NO2S. The van der Waals surface area contributed by atoms with Crippen molar-refractivity contribution in [3.63, 3.8) is 0 Å². The predicted octanol–water partition coefficient (Wildman–Crippen LogP) is 2.14. The van der Waals surface area contributed by atoms with Gasteiger partial charge in [-0.3, -0.25) is 0 Å². The fraction of sp³-hybridized carbons (Fsp3) is 1.00. The van der Waals surface area contributed by atoms with Crippen LogP contribution in [0.4, 0.5) is 0 Å². The molecule has 0 unspecified atom stereocenters. The molecule has 0 fully saturated rings. The Morgan fingerprint density at radius 2 is 1.50 bits per heavy atom. The SMILES string of the molecule is CC(C)CC[C@H](C)NS(=O)(=O)C(C)C. The zero-order valence-corrected chi connectivity index (χ0v) is 10.7. The summed E-state index contributed by atoms with van der Waals surface area (Å²) in [5.74, 6) is 0.626. The van der Waals surface area contributed by atoms with Crippen molar-refractivity contribution in [3.8, 4) is 0 Å². The minimum absolute atomic E-state index is 0.0461. The highest BCUT2D eigenvalue weighted by molar-refractivity contribution is 7.90. The summed E-state index contributed by atoms with van der Waals surface area (Å²) in [5.41, 5.74) is 0. The van der Waals surface area contributed by atoms with E-state index >= 15 is 0 Å². The molecule has 4 heteroatoms. The number of nitrogens with one attached hydrogen (secondary N) is 1. The molecule has 0 spiro atoms. The van der Waals surface area contributed by atoms with Crippen LogP contribution in [0.15, 0.2) is 0 Å². The van der Waals surface area contributed by atoms with Crippen LogP contribution in [0.25, 0.3) is 0 Å². The molecule has 3 nitrogen and oxygen atoms in total. The summed E-state index contributed by atoms with van der Waals surface area (Å²) in [6, 6.07) is 0.0461. The van der Waals surface area contributed by atoms with E-state index < -0.39 is 10.0 Å². The van der Waals surface area contributed by atoms with E-state index in [1.165, 1.54) is 0 Å². The summed E-state index contributed by atoms with van der Waals surface area (Å²) in [7, 11) is -3.10. The zero-order chi connectivity index (χ0) is 11.4. The van der Waals surface area contributed by atoms with Gasteiger partial charge in [-0.1, -0.05) is 13.8 Å². The van der Waals surface area contributed by atoms with E-state index in [4.69, 9.17) is 0 Å². The smallest absolute Gasteiger partial charge is 0.212 e. The van der Waals surface area contributed by atoms with Gasteiger partial charge in [0, 0.05) is 6.04 Å². The molecular weight excluding hydrogens is 198 g/mol. The highest BCUT2D eigenvalue weighted by Gasteiger charge is 2.18. The van der Waals surface area contributed by atoms with Crippen molar-refractivity contribution in [3.05, 3.63) is 0 Å². The van der Waals surface area contributed by atoms with Crippen molar-refractivity contribution in [2.45, 2.75) is 58.8 Å². The van der Waals surface area contributed by atoms with Gasteiger partial charge in [0.1, 0.15) is 0 Å². The van der Waals surface area contributed by atoms with Crippen LogP contribution in [0.2, 0.25) is 0 Å². The average molecular weight is 221 g/mol. The Labute approximate surface area is 88.3 Å². The Morgan fingerprint density at radius 3 is 1.86 bits per heavy atom. The van der Waals surface area contributed by atoms with E-state index in [0.29, 0.717) is 5.92 Å². The van der Waals surface area contributed by atoms with Crippen LogP contribution in [0.5, 0.6) is 0 Å². The molecule has 0 aromatic heterocycles. The quantitative estimate of drug-likeness (QED) is 0.747. The third kappa shape index (κ3) is 5.60. The summed E-state index contributed by atoms with van der Waals surface area (Å²) in [4.78, 5) is 0. The fourth-order valence-electron chi connectivity index (χ4n) is 1.06. The summed E-state index contributed by atoms with van der Waals surface area (Å²) in [5, 5.41) is -0.344. The number of hydrogen-bond acceptors (Lipinski definition) is 2. The van der Waals surface area contributed by atoms with E-state index in [0.717, 1.165) is 12.8 Å². The topological polar surface area (TPSA) is 46.2 Å². The van der Waals surface area contributed by atoms with E-state index in [9.17, 15) is 8.42 Å². The lowest BCUT2D eigenvalue weighted by molar-refractivity contribution is 0.483. The first kappa shape index (κ1) is 13.9. The standard InChI is InChI=1S/C10H23NO2S/c1-8(2)6-7-10(5)11-14(12,13)9(3)4/h8-11H,6-7H2,1-5H3/t10-/m0/s1. The van der Waals surface area contributed by atoms with Gasteiger partial charge in [0.25, 0.3) is 0 Å². The van der Waals surface area contributed by atoms with Crippen molar-refractivity contribution < 1.29 is 8.42 Å². The molecule has 0 aliphatic carbocycles. The van der Waals surface area contributed by atoms with Gasteiger partial charge >= 0.3 is 0 Å². The van der Waals surface area contributed by atoms with Crippen molar-refractivity contribution in [2.24, 2.45) is 5.92 Å². The molecule has 0 bridgehead atoms. The maximum atomic E-state index is 11.5. The minimum atomic E-state index is -3.10. The Morgan fingerprint density at radius 1 is 1.00 bits per heavy atom. The molecule has 14 heavy (non-hydrogen) atoms. The molecule has 0 heterocycles. The van der Waals surface area contributed by atoms with Gasteiger partial charge in [-0.2, -0.15) is 0 Å². The number of rotatable bonds is 6. The highest BCUT2D eigenvalue weighted by Crippen LogP contribution is 2.08. The Hall–Kier alpha value is -0.0900. The van der Waals surface area contributed by atoms with Crippen molar-refractivity contribution in [1.82, 2.24) is 4.72 Å². The van der Waals surface area contributed by atoms with Gasteiger partial charge in [0.2, 0.25) is 10.0 Å². The van der Waals surface area contributed by atoms with Crippen LogP contribution in [-0.4, -0.2) is 19.7 Å².